The Balaban J connectivity index is 2.91. The Kier molecular flexibility index (Phi) is 3.62. The Labute approximate surface area is 88.4 Å². The molecule has 3 nitrogen and oxygen atoms in total. The Bertz CT molecular complexity index is 346. The van der Waals surface area contributed by atoms with Crippen LogP contribution in [-0.2, 0) is 0 Å². The van der Waals surface area contributed by atoms with Gasteiger partial charge in [-0.2, -0.15) is 0 Å². The SMILES string of the molecule is CC/C(=C\c1ccc(Br)s1)[N+](=O)[O-]. The number of thiophene rings is 1. The smallest absolute Gasteiger partial charge is 0.247 e. The molecule has 5 heteroatoms. The van der Waals surface area contributed by atoms with Crippen LogP contribution >= 0.6 is 27.3 Å². The van der Waals surface area contributed by atoms with E-state index in [1.54, 1.807) is 13.0 Å². The third-order valence-electron chi connectivity index (χ3n) is 1.50. The van der Waals surface area contributed by atoms with Crippen molar-refractivity contribution >= 4 is 33.3 Å². The first-order chi connectivity index (χ1) is 6.13. The second-order valence-corrected chi connectivity index (χ2v) is 4.88. The van der Waals surface area contributed by atoms with Gasteiger partial charge >= 0.3 is 0 Å². The molecule has 1 aromatic rings. The standard InChI is InChI=1S/C8H8BrNO2S/c1-2-6(10(11)12)5-7-3-4-8(9)13-7/h3-5H,2H2,1H3/b6-5+. The summed E-state index contributed by atoms with van der Waals surface area (Å²) in [5, 5.41) is 10.5. The predicted molar refractivity (Wildman–Crippen MR) is 57.3 cm³/mol. The first-order valence-electron chi connectivity index (χ1n) is 3.73. The third-order valence-corrected chi connectivity index (χ3v) is 3.07. The van der Waals surface area contributed by atoms with Gasteiger partial charge in [0, 0.05) is 17.4 Å². The summed E-state index contributed by atoms with van der Waals surface area (Å²) < 4.78 is 0.984. The van der Waals surface area contributed by atoms with Crippen molar-refractivity contribution in [2.75, 3.05) is 0 Å². The Hall–Kier alpha value is -0.680. The van der Waals surface area contributed by atoms with E-state index in [9.17, 15) is 10.1 Å². The number of rotatable bonds is 3. The molecule has 0 spiro atoms. The minimum absolute atomic E-state index is 0.245. The minimum Gasteiger partial charge on any atom is -0.259 e. The fourth-order valence-electron chi connectivity index (χ4n) is 0.854. The van der Waals surface area contributed by atoms with E-state index in [1.165, 1.54) is 11.3 Å². The molecule has 1 heterocycles. The first kappa shape index (κ1) is 10.4. The summed E-state index contributed by atoms with van der Waals surface area (Å²) in [7, 11) is 0. The highest BCUT2D eigenvalue weighted by atomic mass is 79.9. The minimum atomic E-state index is -0.340. The van der Waals surface area contributed by atoms with E-state index in [-0.39, 0.29) is 10.6 Å². The van der Waals surface area contributed by atoms with Crippen LogP contribution in [0.25, 0.3) is 6.08 Å². The van der Waals surface area contributed by atoms with E-state index in [0.717, 1.165) is 8.66 Å². The molecule has 0 atom stereocenters. The number of nitro groups is 1. The van der Waals surface area contributed by atoms with Gasteiger partial charge in [0.05, 0.1) is 8.71 Å². The number of hydrogen-bond donors (Lipinski definition) is 0. The van der Waals surface area contributed by atoms with E-state index in [1.807, 2.05) is 12.1 Å². The molecule has 0 radical (unpaired) electrons. The van der Waals surface area contributed by atoms with Gasteiger partial charge in [0.1, 0.15) is 0 Å². The van der Waals surface area contributed by atoms with Gasteiger partial charge in [-0.1, -0.05) is 6.92 Å². The van der Waals surface area contributed by atoms with Crippen molar-refractivity contribution in [2.24, 2.45) is 0 Å². The fourth-order valence-corrected chi connectivity index (χ4v) is 2.24. The van der Waals surface area contributed by atoms with Gasteiger partial charge in [-0.25, -0.2) is 0 Å². The summed E-state index contributed by atoms with van der Waals surface area (Å²) in [6.07, 6.45) is 2.05. The van der Waals surface area contributed by atoms with Crippen LogP contribution < -0.4 is 0 Å². The topological polar surface area (TPSA) is 43.1 Å². The summed E-state index contributed by atoms with van der Waals surface area (Å²) in [4.78, 5) is 11.0. The highest BCUT2D eigenvalue weighted by Gasteiger charge is 2.07. The lowest BCUT2D eigenvalue weighted by Crippen LogP contribution is -1.95. The monoisotopic (exact) mass is 261 g/mol. The fraction of sp³-hybridized carbons (Fsp3) is 0.250. The van der Waals surface area contributed by atoms with Crippen LogP contribution in [0.15, 0.2) is 21.6 Å². The normalized spacial score (nSPS) is 11.7. The predicted octanol–water partition coefficient (Wildman–Crippen LogP) is 3.54. The van der Waals surface area contributed by atoms with Gasteiger partial charge in [0.15, 0.2) is 0 Å². The van der Waals surface area contributed by atoms with Crippen LogP contribution in [0, 0.1) is 10.1 Å². The molecular weight excluding hydrogens is 254 g/mol. The molecule has 0 aliphatic heterocycles. The van der Waals surface area contributed by atoms with Gasteiger partial charge in [-0.15, -0.1) is 11.3 Å². The number of hydrogen-bond acceptors (Lipinski definition) is 3. The highest BCUT2D eigenvalue weighted by Crippen LogP contribution is 2.24. The van der Waals surface area contributed by atoms with E-state index >= 15 is 0 Å². The molecule has 0 amide bonds. The maximum Gasteiger partial charge on any atom is 0.247 e. The maximum absolute atomic E-state index is 10.5. The molecule has 0 aliphatic carbocycles. The van der Waals surface area contributed by atoms with Gasteiger partial charge in [-0.05, 0) is 28.1 Å². The molecule has 0 saturated heterocycles. The molecule has 0 bridgehead atoms. The summed E-state index contributed by atoms with van der Waals surface area (Å²) in [6, 6.07) is 3.73. The van der Waals surface area contributed by atoms with E-state index in [0.29, 0.717) is 6.42 Å². The van der Waals surface area contributed by atoms with Gasteiger partial charge < -0.3 is 0 Å². The van der Waals surface area contributed by atoms with Crippen molar-refractivity contribution in [3.05, 3.63) is 36.6 Å². The van der Waals surface area contributed by atoms with Gasteiger partial charge in [0.2, 0.25) is 5.70 Å². The van der Waals surface area contributed by atoms with Crippen molar-refractivity contribution in [1.29, 1.82) is 0 Å². The lowest BCUT2D eigenvalue weighted by Gasteiger charge is -1.91. The van der Waals surface area contributed by atoms with Crippen molar-refractivity contribution in [2.45, 2.75) is 13.3 Å². The zero-order valence-corrected chi connectivity index (χ0v) is 9.39. The summed E-state index contributed by atoms with van der Waals surface area (Å²) >= 11 is 4.79. The zero-order valence-electron chi connectivity index (χ0n) is 6.99. The summed E-state index contributed by atoms with van der Waals surface area (Å²) in [5.41, 5.74) is 0.245. The maximum atomic E-state index is 10.5. The van der Waals surface area contributed by atoms with Crippen LogP contribution in [0.3, 0.4) is 0 Å². The van der Waals surface area contributed by atoms with E-state index < -0.39 is 0 Å². The Morgan fingerprint density at radius 1 is 1.77 bits per heavy atom. The number of halogens is 1. The average Bonchev–Trinajstić information content (AvgIpc) is 2.46. The van der Waals surface area contributed by atoms with E-state index in [4.69, 9.17) is 0 Å². The van der Waals surface area contributed by atoms with Crippen molar-refractivity contribution in [1.82, 2.24) is 0 Å². The molecular formula is C8H8BrNO2S. The second kappa shape index (κ2) is 4.53. The second-order valence-electron chi connectivity index (χ2n) is 2.39. The Morgan fingerprint density at radius 2 is 2.46 bits per heavy atom. The largest absolute Gasteiger partial charge is 0.259 e. The van der Waals surface area contributed by atoms with Crippen LogP contribution in [0.5, 0.6) is 0 Å². The average molecular weight is 262 g/mol. The van der Waals surface area contributed by atoms with Crippen LogP contribution in [0.1, 0.15) is 18.2 Å². The molecule has 1 aromatic heterocycles. The molecule has 0 aliphatic rings. The highest BCUT2D eigenvalue weighted by molar-refractivity contribution is 9.11. The van der Waals surface area contributed by atoms with Crippen LogP contribution in [-0.4, -0.2) is 4.92 Å². The zero-order chi connectivity index (χ0) is 9.84. The Morgan fingerprint density at radius 3 is 2.85 bits per heavy atom. The van der Waals surface area contributed by atoms with Crippen LogP contribution in [0.4, 0.5) is 0 Å². The molecule has 13 heavy (non-hydrogen) atoms. The summed E-state index contributed by atoms with van der Waals surface area (Å²) in [5.74, 6) is 0. The molecule has 0 N–H and O–H groups in total. The number of nitrogens with zero attached hydrogens (tertiary/aromatic N) is 1. The molecule has 1 rings (SSSR count). The molecule has 0 aromatic carbocycles. The van der Waals surface area contributed by atoms with Gasteiger partial charge in [0.25, 0.3) is 0 Å². The van der Waals surface area contributed by atoms with Crippen molar-refractivity contribution in [3.63, 3.8) is 0 Å². The van der Waals surface area contributed by atoms with Gasteiger partial charge in [-0.3, -0.25) is 10.1 Å². The third kappa shape index (κ3) is 2.93. The first-order valence-corrected chi connectivity index (χ1v) is 5.34. The number of allylic oxidation sites excluding steroid dienone is 1. The van der Waals surface area contributed by atoms with Crippen LogP contribution in [0.2, 0.25) is 0 Å². The lowest BCUT2D eigenvalue weighted by molar-refractivity contribution is -0.425. The molecule has 0 saturated carbocycles. The van der Waals surface area contributed by atoms with E-state index in [2.05, 4.69) is 15.9 Å². The summed E-state index contributed by atoms with van der Waals surface area (Å²) in [6.45, 7) is 1.78. The van der Waals surface area contributed by atoms with Crippen molar-refractivity contribution < 1.29 is 4.92 Å². The lowest BCUT2D eigenvalue weighted by atomic mass is 10.3. The quantitative estimate of drug-likeness (QED) is 0.617. The molecule has 0 fully saturated rings. The van der Waals surface area contributed by atoms with Crippen molar-refractivity contribution in [3.8, 4) is 0 Å². The molecule has 70 valence electrons. The molecule has 0 unspecified atom stereocenters.